The van der Waals surface area contributed by atoms with E-state index < -0.39 is 15.9 Å². The number of ether oxygens (including phenoxy) is 1. The van der Waals surface area contributed by atoms with Crippen molar-refractivity contribution in [3.8, 4) is 0 Å². The molecule has 3 rings (SSSR count). The van der Waals surface area contributed by atoms with Crippen molar-refractivity contribution in [2.24, 2.45) is 0 Å². The number of carbonyl (C=O) groups excluding carboxylic acids is 1. The number of nitrogens with zero attached hydrogens (tertiary/aromatic N) is 3. The van der Waals surface area contributed by atoms with E-state index in [-0.39, 0.29) is 35.0 Å². The zero-order chi connectivity index (χ0) is 20.1. The van der Waals surface area contributed by atoms with Gasteiger partial charge in [0.05, 0.1) is 4.90 Å². The van der Waals surface area contributed by atoms with Crippen molar-refractivity contribution < 1.29 is 22.4 Å². The predicted octanol–water partition coefficient (Wildman–Crippen LogP) is 2.42. The van der Waals surface area contributed by atoms with Gasteiger partial charge in [0.2, 0.25) is 15.9 Å². The minimum Gasteiger partial charge on any atom is -0.405 e. The maximum Gasteiger partial charge on any atom is 0.322 e. The van der Waals surface area contributed by atoms with Gasteiger partial charge in [-0.3, -0.25) is 10.1 Å². The summed E-state index contributed by atoms with van der Waals surface area (Å²) in [5.41, 5.74) is 0.288. The molecule has 1 aromatic heterocycles. The molecule has 2 aromatic rings. The first kappa shape index (κ1) is 20.4. The van der Waals surface area contributed by atoms with Gasteiger partial charge in [-0.25, -0.2) is 8.42 Å². The molecular formula is C18H24N4O5S. The van der Waals surface area contributed by atoms with Crippen LogP contribution in [-0.2, 0) is 21.4 Å². The summed E-state index contributed by atoms with van der Waals surface area (Å²) in [7, 11) is -2.09. The van der Waals surface area contributed by atoms with Crippen LogP contribution in [0.2, 0.25) is 0 Å². The zero-order valence-electron chi connectivity index (χ0n) is 15.9. The Kier molecular flexibility index (Phi) is 6.42. The van der Waals surface area contributed by atoms with Crippen molar-refractivity contribution in [3.05, 3.63) is 35.7 Å². The Morgan fingerprint density at radius 1 is 1.29 bits per heavy atom. The van der Waals surface area contributed by atoms with E-state index in [0.29, 0.717) is 6.54 Å². The van der Waals surface area contributed by atoms with Crippen LogP contribution in [0.1, 0.15) is 48.9 Å². The summed E-state index contributed by atoms with van der Waals surface area (Å²) in [6.07, 6.45) is 3.58. The second kappa shape index (κ2) is 8.80. The molecule has 1 saturated heterocycles. The van der Waals surface area contributed by atoms with Gasteiger partial charge in [-0.1, -0.05) is 18.4 Å². The molecular weight excluding hydrogens is 384 g/mol. The van der Waals surface area contributed by atoms with Crippen molar-refractivity contribution in [1.82, 2.24) is 14.5 Å². The van der Waals surface area contributed by atoms with Crippen LogP contribution in [0.15, 0.2) is 33.6 Å². The van der Waals surface area contributed by atoms with Crippen LogP contribution in [0.3, 0.4) is 0 Å². The molecule has 0 saturated carbocycles. The number of anilines is 1. The number of piperidine rings is 1. The normalized spacial score (nSPS) is 18.1. The minimum absolute atomic E-state index is 0.0283. The molecule has 1 aliphatic heterocycles. The molecule has 1 aromatic carbocycles. The molecule has 1 aliphatic rings. The highest BCUT2D eigenvalue weighted by Crippen LogP contribution is 2.27. The van der Waals surface area contributed by atoms with E-state index in [9.17, 15) is 13.2 Å². The predicted molar refractivity (Wildman–Crippen MR) is 101 cm³/mol. The van der Waals surface area contributed by atoms with Crippen LogP contribution in [0.4, 0.5) is 6.01 Å². The third-order valence-electron chi connectivity index (χ3n) is 4.72. The topological polar surface area (TPSA) is 115 Å². The first-order chi connectivity index (χ1) is 13.5. The first-order valence-electron chi connectivity index (χ1n) is 9.20. The number of carbonyl (C=O) groups is 1. The van der Waals surface area contributed by atoms with Crippen LogP contribution in [-0.4, -0.2) is 48.5 Å². The molecule has 1 fully saturated rings. The summed E-state index contributed by atoms with van der Waals surface area (Å²) < 4.78 is 37.6. The molecule has 1 N–H and O–H groups in total. The van der Waals surface area contributed by atoms with Gasteiger partial charge in [-0.05, 0) is 43.5 Å². The molecule has 9 nitrogen and oxygen atoms in total. The molecule has 1 atom stereocenters. The average Bonchev–Trinajstić information content (AvgIpc) is 3.15. The molecule has 2 heterocycles. The first-order valence-corrected chi connectivity index (χ1v) is 10.6. The Morgan fingerprint density at radius 3 is 2.71 bits per heavy atom. The molecule has 152 valence electrons. The van der Waals surface area contributed by atoms with Crippen LogP contribution in [0.5, 0.6) is 0 Å². The number of hydrogen-bond acceptors (Lipinski definition) is 7. The highest BCUT2D eigenvalue weighted by Gasteiger charge is 2.32. The Balaban J connectivity index is 1.72. The molecule has 10 heteroatoms. The van der Waals surface area contributed by atoms with E-state index in [1.54, 1.807) is 4.31 Å². The Labute approximate surface area is 164 Å². The number of sulfonamides is 1. The second-order valence-corrected chi connectivity index (χ2v) is 8.48. The van der Waals surface area contributed by atoms with Crippen LogP contribution >= 0.6 is 0 Å². The van der Waals surface area contributed by atoms with Crippen molar-refractivity contribution in [3.63, 3.8) is 0 Å². The quantitative estimate of drug-likeness (QED) is 0.748. The third kappa shape index (κ3) is 4.40. The number of amides is 1. The monoisotopic (exact) mass is 408 g/mol. The van der Waals surface area contributed by atoms with E-state index >= 15 is 0 Å². The van der Waals surface area contributed by atoms with Crippen molar-refractivity contribution in [2.45, 2.75) is 50.2 Å². The van der Waals surface area contributed by atoms with Gasteiger partial charge in [-0.2, -0.15) is 4.31 Å². The summed E-state index contributed by atoms with van der Waals surface area (Å²) in [5.74, 6) is -0.229. The third-order valence-corrected chi connectivity index (χ3v) is 6.69. The number of hydrogen-bond donors (Lipinski definition) is 1. The van der Waals surface area contributed by atoms with Crippen LogP contribution < -0.4 is 5.32 Å². The number of methoxy groups -OCH3 is 1. The summed E-state index contributed by atoms with van der Waals surface area (Å²) in [6, 6.07) is 5.83. The fourth-order valence-electron chi connectivity index (χ4n) is 3.27. The number of aromatic nitrogens is 2. The van der Waals surface area contributed by atoms with E-state index in [2.05, 4.69) is 15.5 Å². The van der Waals surface area contributed by atoms with E-state index in [1.807, 2.05) is 6.92 Å². The van der Waals surface area contributed by atoms with Gasteiger partial charge >= 0.3 is 6.01 Å². The van der Waals surface area contributed by atoms with E-state index in [0.717, 1.165) is 25.7 Å². The Bertz CT molecular complexity index is 910. The molecule has 28 heavy (non-hydrogen) atoms. The van der Waals surface area contributed by atoms with Crippen LogP contribution in [0.25, 0.3) is 0 Å². The van der Waals surface area contributed by atoms with Crippen LogP contribution in [0, 0.1) is 0 Å². The molecule has 1 amide bonds. The average molecular weight is 408 g/mol. The summed E-state index contributed by atoms with van der Waals surface area (Å²) in [6.45, 7) is 2.68. The zero-order valence-corrected chi connectivity index (χ0v) is 16.7. The summed E-state index contributed by atoms with van der Waals surface area (Å²) >= 11 is 0. The van der Waals surface area contributed by atoms with Crippen molar-refractivity contribution in [2.75, 3.05) is 19.0 Å². The smallest absolute Gasteiger partial charge is 0.322 e. The lowest BCUT2D eigenvalue weighted by Crippen LogP contribution is -2.43. The minimum atomic E-state index is -3.58. The standard InChI is InChI=1S/C18H24N4O5S/c1-3-14-6-4-5-11-22(14)28(24,25)15-9-7-13(8-10-15)17(23)19-18-21-20-16(27-18)12-26-2/h7-10,14H,3-6,11-12H2,1-2H3,(H,19,21,23)/t14-/m1/s1. The van der Waals surface area contributed by atoms with Gasteiger partial charge in [0.25, 0.3) is 5.91 Å². The maximum atomic E-state index is 13.0. The fourth-order valence-corrected chi connectivity index (χ4v) is 5.03. The Morgan fingerprint density at radius 2 is 2.04 bits per heavy atom. The SMILES string of the molecule is CC[C@@H]1CCCCN1S(=O)(=O)c1ccc(C(=O)Nc2nnc(COC)o2)cc1. The summed E-state index contributed by atoms with van der Waals surface area (Å²) in [5, 5.41) is 9.91. The lowest BCUT2D eigenvalue weighted by atomic mass is 10.0. The van der Waals surface area contributed by atoms with E-state index in [1.165, 1.54) is 31.4 Å². The van der Waals surface area contributed by atoms with Gasteiger partial charge in [0.15, 0.2) is 0 Å². The highest BCUT2D eigenvalue weighted by molar-refractivity contribution is 7.89. The van der Waals surface area contributed by atoms with Crippen molar-refractivity contribution in [1.29, 1.82) is 0 Å². The largest absolute Gasteiger partial charge is 0.405 e. The fraction of sp³-hybridized carbons (Fsp3) is 0.500. The lowest BCUT2D eigenvalue weighted by molar-refractivity contribution is 0.102. The van der Waals surface area contributed by atoms with Gasteiger partial charge in [0, 0.05) is 25.3 Å². The van der Waals surface area contributed by atoms with E-state index in [4.69, 9.17) is 9.15 Å². The van der Waals surface area contributed by atoms with Crippen molar-refractivity contribution >= 4 is 21.9 Å². The van der Waals surface area contributed by atoms with Gasteiger partial charge < -0.3 is 9.15 Å². The summed E-state index contributed by atoms with van der Waals surface area (Å²) in [4.78, 5) is 12.5. The number of benzene rings is 1. The number of nitrogens with one attached hydrogen (secondary N) is 1. The van der Waals surface area contributed by atoms with Gasteiger partial charge in [0.1, 0.15) is 6.61 Å². The molecule has 0 radical (unpaired) electrons. The highest BCUT2D eigenvalue weighted by atomic mass is 32.2. The molecule has 0 aliphatic carbocycles. The molecule has 0 bridgehead atoms. The maximum absolute atomic E-state index is 13.0. The second-order valence-electron chi connectivity index (χ2n) is 6.59. The lowest BCUT2D eigenvalue weighted by Gasteiger charge is -2.34. The van der Waals surface area contributed by atoms with Gasteiger partial charge in [-0.15, -0.1) is 5.10 Å². The Hall–Kier alpha value is -2.30. The molecule has 0 unspecified atom stereocenters. The number of rotatable bonds is 7. The molecule has 0 spiro atoms.